The Labute approximate surface area is 165 Å². The molecule has 10 heteroatoms. The maximum atomic E-state index is 12.2. The van der Waals surface area contributed by atoms with Crippen LogP contribution in [0.25, 0.3) is 0 Å². The van der Waals surface area contributed by atoms with Gasteiger partial charge in [0.1, 0.15) is 11.5 Å². The molecule has 0 bridgehead atoms. The minimum atomic E-state index is -0.557. The van der Waals surface area contributed by atoms with E-state index in [1.807, 2.05) is 0 Å². The van der Waals surface area contributed by atoms with Gasteiger partial charge in [-0.2, -0.15) is 0 Å². The van der Waals surface area contributed by atoms with Crippen LogP contribution < -0.4 is 20.7 Å². The Balaban J connectivity index is 1.49. The summed E-state index contributed by atoms with van der Waals surface area (Å²) in [4.78, 5) is 36.0. The van der Waals surface area contributed by atoms with E-state index in [0.29, 0.717) is 28.7 Å². The first kappa shape index (κ1) is 19.7. The van der Waals surface area contributed by atoms with Crippen LogP contribution in [0.5, 0.6) is 5.75 Å². The number of amides is 3. The number of benzene rings is 1. The van der Waals surface area contributed by atoms with E-state index in [-0.39, 0.29) is 23.5 Å². The maximum Gasteiger partial charge on any atom is 0.265 e. The van der Waals surface area contributed by atoms with Gasteiger partial charge >= 0.3 is 0 Å². The van der Waals surface area contributed by atoms with Gasteiger partial charge in [-0.05, 0) is 39.0 Å². The quantitative estimate of drug-likeness (QED) is 0.676. The molecule has 0 spiro atoms. The van der Waals surface area contributed by atoms with Crippen molar-refractivity contribution >= 4 is 46.7 Å². The fourth-order valence-electron chi connectivity index (χ4n) is 2.41. The summed E-state index contributed by atoms with van der Waals surface area (Å²) in [5.74, 6) is 0.792. The van der Waals surface area contributed by atoms with Crippen LogP contribution in [0, 0.1) is 6.92 Å². The summed E-state index contributed by atoms with van der Waals surface area (Å²) in [5.41, 5.74) is 1.03. The molecule has 3 amide bonds. The third kappa shape index (κ3) is 4.83. The molecule has 1 aliphatic rings. The summed E-state index contributed by atoms with van der Waals surface area (Å²) in [6.07, 6.45) is -0.557. The lowest BCUT2D eigenvalue weighted by Gasteiger charge is -2.23. The number of ether oxygens (including phenoxy) is 1. The van der Waals surface area contributed by atoms with Crippen molar-refractivity contribution in [3.8, 4) is 5.75 Å². The first-order valence-corrected chi connectivity index (χ1v) is 9.64. The van der Waals surface area contributed by atoms with E-state index in [1.165, 1.54) is 11.8 Å². The SMILES string of the molecule is Cc1cc(NC(=O)[C@H](C)SCC(=O)Nc2ccc3c(c2)NC(=O)[C@H](C)O3)no1. The first-order chi connectivity index (χ1) is 13.3. The van der Waals surface area contributed by atoms with Crippen LogP contribution in [0.1, 0.15) is 19.6 Å². The molecule has 28 heavy (non-hydrogen) atoms. The molecule has 0 unspecified atom stereocenters. The lowest BCUT2D eigenvalue weighted by Crippen LogP contribution is -2.34. The van der Waals surface area contributed by atoms with Gasteiger partial charge in [-0.15, -0.1) is 11.8 Å². The molecule has 1 aromatic carbocycles. The van der Waals surface area contributed by atoms with Crippen LogP contribution in [-0.4, -0.2) is 40.0 Å². The Hall–Kier alpha value is -3.01. The second kappa shape index (κ2) is 8.34. The van der Waals surface area contributed by atoms with Crippen molar-refractivity contribution in [2.24, 2.45) is 0 Å². The zero-order chi connectivity index (χ0) is 20.3. The predicted octanol–water partition coefficient (Wildman–Crippen LogP) is 2.40. The van der Waals surface area contributed by atoms with Gasteiger partial charge < -0.3 is 25.2 Å². The average Bonchev–Trinajstić information content (AvgIpc) is 3.05. The molecule has 1 aliphatic heterocycles. The Bertz CT molecular complexity index is 913. The Kier molecular flexibility index (Phi) is 5.88. The van der Waals surface area contributed by atoms with Crippen molar-refractivity contribution in [1.29, 1.82) is 0 Å². The van der Waals surface area contributed by atoms with Crippen molar-refractivity contribution in [1.82, 2.24) is 5.16 Å². The van der Waals surface area contributed by atoms with Crippen molar-refractivity contribution in [2.45, 2.75) is 32.1 Å². The topological polar surface area (TPSA) is 123 Å². The van der Waals surface area contributed by atoms with Crippen molar-refractivity contribution in [3.05, 3.63) is 30.0 Å². The van der Waals surface area contributed by atoms with Gasteiger partial charge in [0.25, 0.3) is 5.91 Å². The fraction of sp³-hybridized carbons (Fsp3) is 0.333. The van der Waals surface area contributed by atoms with E-state index >= 15 is 0 Å². The minimum Gasteiger partial charge on any atom is -0.479 e. The highest BCUT2D eigenvalue weighted by Crippen LogP contribution is 2.32. The molecular weight excluding hydrogens is 384 g/mol. The molecule has 2 aromatic rings. The summed E-state index contributed by atoms with van der Waals surface area (Å²) >= 11 is 1.19. The number of fused-ring (bicyclic) bond motifs is 1. The molecule has 0 saturated heterocycles. The monoisotopic (exact) mass is 404 g/mol. The van der Waals surface area contributed by atoms with Crippen molar-refractivity contribution in [2.75, 3.05) is 21.7 Å². The Morgan fingerprint density at radius 3 is 2.82 bits per heavy atom. The number of carbonyl (C=O) groups is 3. The van der Waals surface area contributed by atoms with E-state index in [2.05, 4.69) is 21.1 Å². The number of anilines is 3. The third-order valence-corrected chi connectivity index (χ3v) is 5.05. The number of aryl methyl sites for hydroxylation is 1. The second-order valence-electron chi connectivity index (χ2n) is 6.27. The standard InChI is InChI=1S/C18H20N4O5S/c1-9-6-15(22-27-9)21-18(25)11(3)28-8-16(23)19-12-4-5-14-13(7-12)20-17(24)10(2)26-14/h4-7,10-11H,8H2,1-3H3,(H,19,23)(H,20,24)(H,21,22,25)/t10-,11-/m0/s1. The van der Waals surface area contributed by atoms with Gasteiger partial charge in [-0.25, -0.2) is 0 Å². The molecule has 3 rings (SSSR count). The van der Waals surface area contributed by atoms with Gasteiger partial charge in [0, 0.05) is 11.8 Å². The molecule has 0 aliphatic carbocycles. The van der Waals surface area contributed by atoms with Crippen LogP contribution in [-0.2, 0) is 14.4 Å². The molecule has 0 fully saturated rings. The summed E-state index contributed by atoms with van der Waals surface area (Å²) < 4.78 is 10.4. The molecule has 3 N–H and O–H groups in total. The highest BCUT2D eigenvalue weighted by atomic mass is 32.2. The molecule has 1 aromatic heterocycles. The number of hydrogen-bond donors (Lipinski definition) is 3. The zero-order valence-corrected chi connectivity index (χ0v) is 16.4. The number of hydrogen-bond acceptors (Lipinski definition) is 7. The van der Waals surface area contributed by atoms with Crippen molar-refractivity contribution < 1.29 is 23.6 Å². The van der Waals surface area contributed by atoms with Gasteiger partial charge in [-0.1, -0.05) is 5.16 Å². The van der Waals surface area contributed by atoms with Gasteiger partial charge in [0.05, 0.1) is 16.7 Å². The molecule has 148 valence electrons. The number of thioether (sulfide) groups is 1. The summed E-state index contributed by atoms with van der Waals surface area (Å²) in [7, 11) is 0. The summed E-state index contributed by atoms with van der Waals surface area (Å²) in [6.45, 7) is 5.09. The molecular formula is C18H20N4O5S. The number of carbonyl (C=O) groups excluding carboxylic acids is 3. The molecule has 0 radical (unpaired) electrons. The van der Waals surface area contributed by atoms with E-state index in [4.69, 9.17) is 9.26 Å². The second-order valence-corrected chi connectivity index (χ2v) is 7.60. The van der Waals surface area contributed by atoms with E-state index < -0.39 is 11.4 Å². The van der Waals surface area contributed by atoms with Crippen LogP contribution in [0.2, 0.25) is 0 Å². The smallest absolute Gasteiger partial charge is 0.265 e. The van der Waals surface area contributed by atoms with Crippen LogP contribution in [0.15, 0.2) is 28.8 Å². The molecule has 2 atom stereocenters. The normalized spacial score (nSPS) is 16.4. The number of nitrogens with one attached hydrogen (secondary N) is 3. The average molecular weight is 404 g/mol. The van der Waals surface area contributed by atoms with E-state index in [9.17, 15) is 14.4 Å². The van der Waals surface area contributed by atoms with Crippen LogP contribution in [0.3, 0.4) is 0 Å². The zero-order valence-electron chi connectivity index (χ0n) is 15.6. The van der Waals surface area contributed by atoms with Crippen molar-refractivity contribution in [3.63, 3.8) is 0 Å². The largest absolute Gasteiger partial charge is 0.479 e. The summed E-state index contributed by atoms with van der Waals surface area (Å²) in [5, 5.41) is 11.3. The van der Waals surface area contributed by atoms with Gasteiger partial charge in [0.2, 0.25) is 11.8 Å². The number of aromatic nitrogens is 1. The number of nitrogens with zero attached hydrogens (tertiary/aromatic N) is 1. The lowest BCUT2D eigenvalue weighted by atomic mass is 10.2. The number of rotatable bonds is 6. The highest BCUT2D eigenvalue weighted by Gasteiger charge is 2.24. The highest BCUT2D eigenvalue weighted by molar-refractivity contribution is 8.01. The lowest BCUT2D eigenvalue weighted by molar-refractivity contribution is -0.122. The van der Waals surface area contributed by atoms with E-state index in [0.717, 1.165) is 0 Å². The molecule has 9 nitrogen and oxygen atoms in total. The third-order valence-electron chi connectivity index (χ3n) is 3.91. The van der Waals surface area contributed by atoms with Gasteiger partial charge in [-0.3, -0.25) is 14.4 Å². The first-order valence-electron chi connectivity index (χ1n) is 8.59. The predicted molar refractivity (Wildman–Crippen MR) is 106 cm³/mol. The van der Waals surface area contributed by atoms with Gasteiger partial charge in [0.15, 0.2) is 11.9 Å². The minimum absolute atomic E-state index is 0.0867. The van der Waals surface area contributed by atoms with E-state index in [1.54, 1.807) is 45.0 Å². The summed E-state index contributed by atoms with van der Waals surface area (Å²) in [6, 6.07) is 6.62. The fourth-order valence-corrected chi connectivity index (χ4v) is 3.10. The van der Waals surface area contributed by atoms with Crippen LogP contribution in [0.4, 0.5) is 17.2 Å². The molecule has 0 saturated carbocycles. The van der Waals surface area contributed by atoms with Crippen LogP contribution >= 0.6 is 11.8 Å². The Morgan fingerprint density at radius 1 is 1.32 bits per heavy atom. The Morgan fingerprint density at radius 2 is 2.11 bits per heavy atom. The molecule has 2 heterocycles. The maximum absolute atomic E-state index is 12.2.